The molecule has 0 spiro atoms. The van der Waals surface area contributed by atoms with Crippen LogP contribution in [0.15, 0.2) is 42.7 Å². The summed E-state index contributed by atoms with van der Waals surface area (Å²) in [6.07, 6.45) is 3.23. The van der Waals surface area contributed by atoms with Gasteiger partial charge in [-0.1, -0.05) is 12.1 Å². The van der Waals surface area contributed by atoms with Gasteiger partial charge in [-0.05, 0) is 32.3 Å². The number of benzene rings is 1. The molecule has 0 bridgehead atoms. The standard InChI is InChI=1S/C26H33N7O3/c1-31(2)18-24(34)33-11-14-36-21(17-33)16-29-26-25-23(27-7-8-28-25)15-22(30-26)19-3-5-20(6-4-19)32-9-12-35-13-10-32/h3-8,15,21H,9-14,16-18H2,1-2H3,(H,29,30)/t21-/m1/s1. The number of aromatic nitrogens is 3. The number of likely N-dealkylation sites (N-methyl/N-ethyl adjacent to an activating group) is 1. The lowest BCUT2D eigenvalue weighted by Crippen LogP contribution is -2.50. The molecule has 10 nitrogen and oxygen atoms in total. The third-order valence-corrected chi connectivity index (χ3v) is 6.44. The minimum absolute atomic E-state index is 0.116. The van der Waals surface area contributed by atoms with E-state index in [1.54, 1.807) is 12.4 Å². The molecule has 10 heteroatoms. The molecule has 1 amide bonds. The second-order valence-corrected chi connectivity index (χ2v) is 9.38. The van der Waals surface area contributed by atoms with E-state index in [1.807, 2.05) is 30.0 Å². The Morgan fingerprint density at radius 1 is 1.08 bits per heavy atom. The quantitative estimate of drug-likeness (QED) is 0.530. The van der Waals surface area contributed by atoms with E-state index in [-0.39, 0.29) is 12.0 Å². The van der Waals surface area contributed by atoms with E-state index in [1.165, 1.54) is 5.69 Å². The van der Waals surface area contributed by atoms with Crippen LogP contribution in [0, 0.1) is 0 Å². The number of morpholine rings is 2. The van der Waals surface area contributed by atoms with Crippen molar-refractivity contribution in [2.24, 2.45) is 0 Å². The number of nitrogens with one attached hydrogen (secondary N) is 1. The summed E-state index contributed by atoms with van der Waals surface area (Å²) in [4.78, 5) is 32.5. The Bertz CT molecular complexity index is 1180. The molecule has 2 aliphatic heterocycles. The Hall–Kier alpha value is -3.34. The molecule has 36 heavy (non-hydrogen) atoms. The number of hydrogen-bond acceptors (Lipinski definition) is 9. The molecule has 4 heterocycles. The predicted molar refractivity (Wildman–Crippen MR) is 139 cm³/mol. The van der Waals surface area contributed by atoms with Crippen molar-refractivity contribution >= 4 is 28.4 Å². The normalized spacial score (nSPS) is 18.6. The maximum Gasteiger partial charge on any atom is 0.236 e. The minimum Gasteiger partial charge on any atom is -0.378 e. The number of pyridine rings is 1. The summed E-state index contributed by atoms with van der Waals surface area (Å²) in [5, 5.41) is 3.42. The van der Waals surface area contributed by atoms with Gasteiger partial charge in [0.15, 0.2) is 5.82 Å². The molecule has 1 aromatic carbocycles. The smallest absolute Gasteiger partial charge is 0.236 e. The number of nitrogens with zero attached hydrogens (tertiary/aromatic N) is 6. The van der Waals surface area contributed by atoms with Gasteiger partial charge < -0.3 is 29.5 Å². The zero-order chi connectivity index (χ0) is 24.9. The van der Waals surface area contributed by atoms with Crippen LogP contribution in [0.1, 0.15) is 0 Å². The molecular weight excluding hydrogens is 458 g/mol. The highest BCUT2D eigenvalue weighted by atomic mass is 16.5. The highest BCUT2D eigenvalue weighted by molar-refractivity contribution is 5.88. The number of ether oxygens (including phenoxy) is 2. The number of amides is 1. The Labute approximate surface area is 211 Å². The number of carbonyl (C=O) groups is 1. The minimum atomic E-state index is -0.130. The van der Waals surface area contributed by atoms with E-state index in [4.69, 9.17) is 14.5 Å². The fraction of sp³-hybridized carbons (Fsp3) is 0.462. The Morgan fingerprint density at radius 3 is 2.64 bits per heavy atom. The van der Waals surface area contributed by atoms with Crippen molar-refractivity contribution in [1.29, 1.82) is 0 Å². The largest absolute Gasteiger partial charge is 0.378 e. The van der Waals surface area contributed by atoms with E-state index in [9.17, 15) is 4.79 Å². The fourth-order valence-electron chi connectivity index (χ4n) is 4.56. The molecule has 0 aliphatic carbocycles. The van der Waals surface area contributed by atoms with Crippen molar-refractivity contribution in [1.82, 2.24) is 24.8 Å². The van der Waals surface area contributed by atoms with Gasteiger partial charge in [0.05, 0.1) is 43.7 Å². The first-order chi connectivity index (χ1) is 17.6. The summed E-state index contributed by atoms with van der Waals surface area (Å²) < 4.78 is 11.4. The number of rotatable bonds is 7. The summed E-state index contributed by atoms with van der Waals surface area (Å²) in [5.74, 6) is 0.776. The predicted octanol–water partition coefficient (Wildman–Crippen LogP) is 1.73. The summed E-state index contributed by atoms with van der Waals surface area (Å²) in [5.41, 5.74) is 4.50. The van der Waals surface area contributed by atoms with Crippen molar-refractivity contribution < 1.29 is 14.3 Å². The average Bonchev–Trinajstić information content (AvgIpc) is 2.92. The van der Waals surface area contributed by atoms with Gasteiger partial charge in [0.1, 0.15) is 5.52 Å². The van der Waals surface area contributed by atoms with Crippen LogP contribution in [0.25, 0.3) is 22.3 Å². The van der Waals surface area contributed by atoms with E-state index in [0.29, 0.717) is 44.1 Å². The molecule has 2 fully saturated rings. The first kappa shape index (κ1) is 24.4. The van der Waals surface area contributed by atoms with Gasteiger partial charge in [-0.3, -0.25) is 9.78 Å². The van der Waals surface area contributed by atoms with E-state index in [2.05, 4.69) is 44.5 Å². The lowest BCUT2D eigenvalue weighted by Gasteiger charge is -2.33. The van der Waals surface area contributed by atoms with Crippen molar-refractivity contribution in [2.75, 3.05) is 83.4 Å². The Kier molecular flexibility index (Phi) is 7.55. The molecule has 3 aromatic rings. The summed E-state index contributed by atoms with van der Waals surface area (Å²) in [6, 6.07) is 10.4. The number of hydrogen-bond donors (Lipinski definition) is 1. The summed E-state index contributed by atoms with van der Waals surface area (Å²) >= 11 is 0. The monoisotopic (exact) mass is 491 g/mol. The molecule has 0 saturated carbocycles. The SMILES string of the molecule is CN(C)CC(=O)N1CCO[C@H](CNc2nc(-c3ccc(N4CCOCC4)cc3)cc3nccnc23)C1. The van der Waals surface area contributed by atoms with Crippen LogP contribution in [-0.2, 0) is 14.3 Å². The number of fused-ring (bicyclic) bond motifs is 1. The summed E-state index contributed by atoms with van der Waals surface area (Å²) in [7, 11) is 3.80. The number of carbonyl (C=O) groups excluding carboxylic acids is 1. The molecular formula is C26H33N7O3. The van der Waals surface area contributed by atoms with Gasteiger partial charge >= 0.3 is 0 Å². The van der Waals surface area contributed by atoms with Crippen LogP contribution in [-0.4, -0.2) is 110 Å². The topological polar surface area (TPSA) is 96.0 Å². The van der Waals surface area contributed by atoms with E-state index in [0.717, 1.165) is 43.1 Å². The van der Waals surface area contributed by atoms with Gasteiger partial charge in [-0.15, -0.1) is 0 Å². The van der Waals surface area contributed by atoms with Crippen LogP contribution in [0.4, 0.5) is 11.5 Å². The van der Waals surface area contributed by atoms with Crippen molar-refractivity contribution in [3.05, 3.63) is 42.7 Å². The van der Waals surface area contributed by atoms with Crippen LogP contribution in [0.5, 0.6) is 0 Å². The molecule has 2 aromatic heterocycles. The maximum atomic E-state index is 12.5. The summed E-state index contributed by atoms with van der Waals surface area (Å²) in [6.45, 7) is 5.92. The third kappa shape index (κ3) is 5.72. The van der Waals surface area contributed by atoms with Crippen LogP contribution < -0.4 is 10.2 Å². The maximum absolute atomic E-state index is 12.5. The zero-order valence-electron chi connectivity index (χ0n) is 20.9. The number of anilines is 2. The van der Waals surface area contributed by atoms with Gasteiger partial charge in [0.2, 0.25) is 5.91 Å². The van der Waals surface area contributed by atoms with Crippen LogP contribution >= 0.6 is 0 Å². The zero-order valence-corrected chi connectivity index (χ0v) is 20.9. The Balaban J connectivity index is 1.32. The first-order valence-corrected chi connectivity index (χ1v) is 12.4. The van der Waals surface area contributed by atoms with E-state index >= 15 is 0 Å². The van der Waals surface area contributed by atoms with E-state index < -0.39 is 0 Å². The van der Waals surface area contributed by atoms with Gasteiger partial charge in [0.25, 0.3) is 0 Å². The molecule has 0 unspecified atom stereocenters. The molecule has 2 saturated heterocycles. The van der Waals surface area contributed by atoms with Crippen molar-refractivity contribution in [3.63, 3.8) is 0 Å². The van der Waals surface area contributed by atoms with Crippen molar-refractivity contribution in [2.45, 2.75) is 6.10 Å². The van der Waals surface area contributed by atoms with Gasteiger partial charge in [-0.2, -0.15) is 0 Å². The van der Waals surface area contributed by atoms with Crippen LogP contribution in [0.2, 0.25) is 0 Å². The molecule has 190 valence electrons. The second-order valence-electron chi connectivity index (χ2n) is 9.38. The molecule has 5 rings (SSSR count). The second kappa shape index (κ2) is 11.2. The lowest BCUT2D eigenvalue weighted by molar-refractivity contribution is -0.138. The highest BCUT2D eigenvalue weighted by Crippen LogP contribution is 2.27. The van der Waals surface area contributed by atoms with Crippen LogP contribution in [0.3, 0.4) is 0 Å². The molecule has 1 N–H and O–H groups in total. The average molecular weight is 492 g/mol. The van der Waals surface area contributed by atoms with Gasteiger partial charge in [-0.25, -0.2) is 9.97 Å². The Morgan fingerprint density at radius 2 is 1.86 bits per heavy atom. The third-order valence-electron chi connectivity index (χ3n) is 6.44. The molecule has 0 radical (unpaired) electrons. The first-order valence-electron chi connectivity index (χ1n) is 12.4. The fourth-order valence-corrected chi connectivity index (χ4v) is 4.56. The molecule has 1 atom stereocenters. The molecule has 2 aliphatic rings. The van der Waals surface area contributed by atoms with Crippen molar-refractivity contribution in [3.8, 4) is 11.3 Å². The van der Waals surface area contributed by atoms with Gasteiger partial charge in [0, 0.05) is 56.4 Å². The lowest BCUT2D eigenvalue weighted by atomic mass is 10.1. The highest BCUT2D eigenvalue weighted by Gasteiger charge is 2.25.